The summed E-state index contributed by atoms with van der Waals surface area (Å²) in [5.74, 6) is -3.01. The van der Waals surface area contributed by atoms with Crippen molar-refractivity contribution in [1.82, 2.24) is 0 Å². The standard InChI is InChI=1S/C33H35N2O11P/c1-3-42-47(40,43-4-2)20-12-18-27(36)45-29-28(46-33(39)24-15-9-6-10-16-24)26(22-41-32(38)23-13-7-5-8-14-23)44-31(29)35-19-11-17-25(21-35)30(34)37/h5-19,21,26,28-29,31H,3-4,20,22H2,1-2H3,(H-,34,37)/p+1/b18-12+/t26-,28-,29-,31-/m1/s1. The summed E-state index contributed by atoms with van der Waals surface area (Å²) in [6.07, 6.45) is 0.168. The van der Waals surface area contributed by atoms with E-state index in [0.29, 0.717) is 0 Å². The number of nitrogens with zero attached hydrogens (tertiary/aromatic N) is 1. The molecule has 2 heterocycles. The highest BCUT2D eigenvalue weighted by atomic mass is 31.2. The summed E-state index contributed by atoms with van der Waals surface area (Å²) < 4.78 is 48.2. The summed E-state index contributed by atoms with van der Waals surface area (Å²) in [7, 11) is -3.49. The lowest BCUT2D eigenvalue weighted by Gasteiger charge is -2.22. The number of hydrogen-bond donors (Lipinski definition) is 1. The lowest BCUT2D eigenvalue weighted by Crippen LogP contribution is -2.49. The van der Waals surface area contributed by atoms with Crippen molar-refractivity contribution in [2.45, 2.75) is 38.4 Å². The fourth-order valence-corrected chi connectivity index (χ4v) is 6.15. The Hall–Kier alpha value is -4.68. The van der Waals surface area contributed by atoms with E-state index in [4.69, 9.17) is 33.7 Å². The Kier molecular flexibility index (Phi) is 12.5. The lowest BCUT2D eigenvalue weighted by molar-refractivity contribution is -0.765. The van der Waals surface area contributed by atoms with Crippen LogP contribution in [0, 0.1) is 0 Å². The van der Waals surface area contributed by atoms with Crippen LogP contribution in [-0.4, -0.2) is 68.1 Å². The van der Waals surface area contributed by atoms with Crippen LogP contribution in [0.5, 0.6) is 0 Å². The molecule has 1 fully saturated rings. The number of rotatable bonds is 15. The molecule has 1 aliphatic heterocycles. The summed E-state index contributed by atoms with van der Waals surface area (Å²) in [6, 6.07) is 19.4. The van der Waals surface area contributed by atoms with Gasteiger partial charge in [-0.25, -0.2) is 14.4 Å². The lowest BCUT2D eigenvalue weighted by atomic mass is 10.1. The molecule has 1 aromatic heterocycles. The number of ether oxygens (including phenoxy) is 4. The van der Waals surface area contributed by atoms with Gasteiger partial charge in [0.05, 0.1) is 30.5 Å². The minimum Gasteiger partial charge on any atom is -0.459 e. The first-order valence-corrected chi connectivity index (χ1v) is 16.6. The van der Waals surface area contributed by atoms with Crippen LogP contribution in [-0.2, 0) is 37.4 Å². The Labute approximate surface area is 271 Å². The zero-order chi connectivity index (χ0) is 33.8. The van der Waals surface area contributed by atoms with Gasteiger partial charge in [-0.3, -0.25) is 9.36 Å². The number of amides is 1. The predicted octanol–water partition coefficient (Wildman–Crippen LogP) is 3.79. The first kappa shape index (κ1) is 35.2. The quantitative estimate of drug-likeness (QED) is 0.0822. The second kappa shape index (κ2) is 16.8. The maximum atomic E-state index is 13.3. The maximum absolute atomic E-state index is 13.3. The Bertz CT molecular complexity index is 1610. The molecule has 0 bridgehead atoms. The van der Waals surface area contributed by atoms with E-state index in [-0.39, 0.29) is 42.7 Å². The monoisotopic (exact) mass is 667 g/mol. The van der Waals surface area contributed by atoms with Gasteiger partial charge >= 0.3 is 31.7 Å². The van der Waals surface area contributed by atoms with Gasteiger partial charge in [-0.1, -0.05) is 42.5 Å². The van der Waals surface area contributed by atoms with Gasteiger partial charge in [0.15, 0.2) is 18.5 Å². The number of nitrogens with two attached hydrogens (primary N) is 1. The average Bonchev–Trinajstić information content (AvgIpc) is 3.40. The zero-order valence-electron chi connectivity index (χ0n) is 25.8. The van der Waals surface area contributed by atoms with Gasteiger partial charge in [-0.2, -0.15) is 4.57 Å². The molecule has 13 nitrogen and oxygen atoms in total. The van der Waals surface area contributed by atoms with Crippen LogP contribution < -0.4 is 10.3 Å². The fourth-order valence-electron chi connectivity index (χ4n) is 4.72. The molecular weight excluding hydrogens is 631 g/mol. The number of primary amides is 1. The Balaban J connectivity index is 1.65. The van der Waals surface area contributed by atoms with Crippen molar-refractivity contribution in [3.05, 3.63) is 114 Å². The Morgan fingerprint density at radius 2 is 1.43 bits per heavy atom. The van der Waals surface area contributed by atoms with Crippen molar-refractivity contribution < 1.29 is 56.3 Å². The molecule has 2 aromatic carbocycles. The van der Waals surface area contributed by atoms with E-state index in [0.717, 1.165) is 6.08 Å². The molecular formula is C33H36N2O11P+. The van der Waals surface area contributed by atoms with E-state index in [2.05, 4.69) is 0 Å². The third-order valence-corrected chi connectivity index (χ3v) is 8.77. The molecule has 0 saturated carbocycles. The number of carbonyl (C=O) groups is 4. The summed E-state index contributed by atoms with van der Waals surface area (Å²) in [5, 5.41) is 0. The van der Waals surface area contributed by atoms with E-state index in [1.807, 2.05) is 0 Å². The average molecular weight is 668 g/mol. The van der Waals surface area contributed by atoms with Gasteiger partial charge in [0.1, 0.15) is 18.3 Å². The molecule has 0 unspecified atom stereocenters. The van der Waals surface area contributed by atoms with Crippen LogP contribution in [0.15, 0.2) is 97.3 Å². The van der Waals surface area contributed by atoms with Crippen LogP contribution >= 0.6 is 7.60 Å². The van der Waals surface area contributed by atoms with E-state index in [1.54, 1.807) is 80.7 Å². The highest BCUT2D eigenvalue weighted by Crippen LogP contribution is 2.47. The smallest absolute Gasteiger partial charge is 0.338 e. The SMILES string of the molecule is CCOP(=O)(C/C=C/C(=O)O[C@@H]1[C@H](OC(=O)c2ccccc2)[C@@H](COC(=O)c2ccccc2)O[C@H]1[n+]1cccc(C(N)=O)c1)OCC. The second-order valence-electron chi connectivity index (χ2n) is 10.1. The molecule has 1 saturated heterocycles. The molecule has 248 valence electrons. The van der Waals surface area contributed by atoms with Gasteiger partial charge in [0, 0.05) is 12.1 Å². The molecule has 2 N–H and O–H groups in total. The minimum atomic E-state index is -3.49. The third-order valence-electron chi connectivity index (χ3n) is 6.81. The van der Waals surface area contributed by atoms with Gasteiger partial charge < -0.3 is 33.7 Å². The van der Waals surface area contributed by atoms with Crippen LogP contribution in [0.1, 0.15) is 51.1 Å². The predicted molar refractivity (Wildman–Crippen MR) is 166 cm³/mol. The summed E-state index contributed by atoms with van der Waals surface area (Å²) in [6.45, 7) is 3.23. The molecule has 14 heteroatoms. The Morgan fingerprint density at radius 3 is 2.02 bits per heavy atom. The first-order valence-electron chi connectivity index (χ1n) is 14.8. The fraction of sp³-hybridized carbons (Fsp3) is 0.303. The van der Waals surface area contributed by atoms with E-state index in [1.165, 1.54) is 29.0 Å². The number of pyridine rings is 1. The van der Waals surface area contributed by atoms with Crippen molar-refractivity contribution in [2.24, 2.45) is 5.73 Å². The maximum Gasteiger partial charge on any atom is 0.338 e. The van der Waals surface area contributed by atoms with Crippen molar-refractivity contribution in [3.8, 4) is 0 Å². The van der Waals surface area contributed by atoms with Gasteiger partial charge in [-0.15, -0.1) is 0 Å². The number of aromatic nitrogens is 1. The molecule has 4 atom stereocenters. The zero-order valence-corrected chi connectivity index (χ0v) is 26.7. The number of allylic oxidation sites excluding steroid dienone is 1. The summed E-state index contributed by atoms with van der Waals surface area (Å²) in [4.78, 5) is 51.2. The molecule has 0 radical (unpaired) electrons. The molecule has 1 amide bonds. The molecule has 0 spiro atoms. The largest absolute Gasteiger partial charge is 0.459 e. The summed E-state index contributed by atoms with van der Waals surface area (Å²) >= 11 is 0. The highest BCUT2D eigenvalue weighted by molar-refractivity contribution is 7.54. The van der Waals surface area contributed by atoms with Crippen molar-refractivity contribution in [1.29, 1.82) is 0 Å². The van der Waals surface area contributed by atoms with E-state index < -0.39 is 56.0 Å². The van der Waals surface area contributed by atoms with E-state index >= 15 is 0 Å². The second-order valence-corrected chi connectivity index (χ2v) is 12.2. The highest BCUT2D eigenvalue weighted by Gasteiger charge is 2.55. The van der Waals surface area contributed by atoms with Crippen LogP contribution in [0.25, 0.3) is 0 Å². The number of hydrogen-bond acceptors (Lipinski definition) is 11. The van der Waals surface area contributed by atoms with Crippen molar-refractivity contribution >= 4 is 31.4 Å². The number of esters is 3. The van der Waals surface area contributed by atoms with E-state index in [9.17, 15) is 23.7 Å². The molecule has 47 heavy (non-hydrogen) atoms. The van der Waals surface area contributed by atoms with Crippen LogP contribution in [0.4, 0.5) is 0 Å². The first-order chi connectivity index (χ1) is 22.6. The van der Waals surface area contributed by atoms with Crippen molar-refractivity contribution in [3.63, 3.8) is 0 Å². The molecule has 4 rings (SSSR count). The minimum absolute atomic E-state index is 0.125. The summed E-state index contributed by atoms with van der Waals surface area (Å²) in [5.41, 5.74) is 6.12. The number of benzene rings is 2. The molecule has 0 aliphatic carbocycles. The molecule has 1 aliphatic rings. The Morgan fingerprint density at radius 1 is 0.830 bits per heavy atom. The third kappa shape index (κ3) is 9.66. The molecule has 3 aromatic rings. The van der Waals surface area contributed by atoms with Gasteiger partial charge in [0.2, 0.25) is 6.10 Å². The number of carbonyl (C=O) groups excluding carboxylic acids is 4. The topological polar surface area (TPSA) is 171 Å². The van der Waals surface area contributed by atoms with Crippen molar-refractivity contribution in [2.75, 3.05) is 26.0 Å². The van der Waals surface area contributed by atoms with Gasteiger partial charge in [-0.05, 0) is 44.2 Å². The van der Waals surface area contributed by atoms with Gasteiger partial charge in [0.25, 0.3) is 5.91 Å². The van der Waals surface area contributed by atoms with Crippen LogP contribution in [0.2, 0.25) is 0 Å². The normalized spacial score (nSPS) is 19.3. The van der Waals surface area contributed by atoms with Crippen LogP contribution in [0.3, 0.4) is 0 Å².